The van der Waals surface area contributed by atoms with Crippen molar-refractivity contribution < 1.29 is 0 Å². The van der Waals surface area contributed by atoms with Crippen molar-refractivity contribution in [2.45, 2.75) is 13.6 Å². The Balaban J connectivity index is 2.13. The quantitative estimate of drug-likeness (QED) is 0.876. The summed E-state index contributed by atoms with van der Waals surface area (Å²) in [6.45, 7) is 2.33. The van der Waals surface area contributed by atoms with Gasteiger partial charge in [0.1, 0.15) is 5.49 Å². The summed E-state index contributed by atoms with van der Waals surface area (Å²) in [5, 5.41) is 11.7. The van der Waals surface area contributed by atoms with Gasteiger partial charge in [0.15, 0.2) is 0 Å². The van der Waals surface area contributed by atoms with Gasteiger partial charge in [-0.1, -0.05) is 17.7 Å². The maximum atomic E-state index is 7.84. The molecule has 0 radical (unpaired) electrons. The Bertz CT molecular complexity index is 577. The van der Waals surface area contributed by atoms with Crippen molar-refractivity contribution in [3.63, 3.8) is 0 Å². The van der Waals surface area contributed by atoms with Crippen molar-refractivity contribution in [1.29, 1.82) is 5.41 Å². The van der Waals surface area contributed by atoms with Gasteiger partial charge in [-0.05, 0) is 25.1 Å². The molecule has 1 aromatic carbocycles. The molecule has 5 heteroatoms. The fraction of sp³-hybridized carbons (Fsp3) is 0.167. The van der Waals surface area contributed by atoms with E-state index in [1.807, 2.05) is 31.2 Å². The molecule has 2 rings (SSSR count). The van der Waals surface area contributed by atoms with Gasteiger partial charge < -0.3 is 9.88 Å². The normalized spacial score (nSPS) is 10.2. The van der Waals surface area contributed by atoms with E-state index in [4.69, 9.17) is 17.0 Å². The van der Waals surface area contributed by atoms with Gasteiger partial charge in [-0.25, -0.2) is 0 Å². The summed E-state index contributed by atoms with van der Waals surface area (Å²) < 4.78 is 1.78. The Hall–Kier alpha value is -1.81. The zero-order chi connectivity index (χ0) is 12.3. The van der Waals surface area contributed by atoms with E-state index in [0.717, 1.165) is 5.69 Å². The van der Waals surface area contributed by atoms with Crippen molar-refractivity contribution in [2.24, 2.45) is 0 Å². The molecule has 0 fully saturated rings. The van der Waals surface area contributed by atoms with Crippen molar-refractivity contribution in [3.8, 4) is 0 Å². The van der Waals surface area contributed by atoms with Crippen molar-refractivity contribution in [2.75, 3.05) is 5.32 Å². The molecule has 1 aromatic heterocycles. The van der Waals surface area contributed by atoms with Crippen molar-refractivity contribution in [1.82, 2.24) is 9.55 Å². The van der Waals surface area contributed by atoms with Crippen LogP contribution in [0.2, 0.25) is 5.02 Å². The molecule has 0 unspecified atom stereocenters. The van der Waals surface area contributed by atoms with Crippen LogP contribution in [-0.4, -0.2) is 9.55 Å². The van der Waals surface area contributed by atoms with Gasteiger partial charge in [0, 0.05) is 23.1 Å². The molecule has 0 aliphatic carbocycles. The van der Waals surface area contributed by atoms with Gasteiger partial charge in [-0.15, -0.1) is 0 Å². The van der Waals surface area contributed by atoms with E-state index in [2.05, 4.69) is 10.3 Å². The number of halogens is 1. The second-order valence-electron chi connectivity index (χ2n) is 3.68. The van der Waals surface area contributed by atoms with Crippen LogP contribution in [0.4, 0.5) is 5.69 Å². The Morgan fingerprint density at radius 3 is 3.06 bits per heavy atom. The summed E-state index contributed by atoms with van der Waals surface area (Å²) in [5.41, 5.74) is 2.04. The monoisotopic (exact) mass is 248 g/mol. The van der Waals surface area contributed by atoms with Gasteiger partial charge in [-0.3, -0.25) is 10.4 Å². The molecule has 0 saturated heterocycles. The minimum Gasteiger partial charge on any atom is -0.367 e. The number of aromatic nitrogens is 2. The zero-order valence-corrected chi connectivity index (χ0v) is 10.2. The van der Waals surface area contributed by atoms with E-state index >= 15 is 0 Å². The molecule has 2 aromatic rings. The molecule has 17 heavy (non-hydrogen) atoms. The van der Waals surface area contributed by atoms with Crippen LogP contribution in [0.5, 0.6) is 0 Å². The molecule has 0 saturated carbocycles. The third-order valence-corrected chi connectivity index (χ3v) is 2.66. The van der Waals surface area contributed by atoms with Crippen LogP contribution < -0.4 is 10.8 Å². The van der Waals surface area contributed by atoms with Crippen LogP contribution in [0.15, 0.2) is 36.7 Å². The predicted molar refractivity (Wildman–Crippen MR) is 67.9 cm³/mol. The SMILES string of the molecule is Cc1nccn(CNc2cccc(Cl)c2)c1=N. The minimum atomic E-state index is 0.405. The number of anilines is 1. The third kappa shape index (κ3) is 2.85. The lowest BCUT2D eigenvalue weighted by atomic mass is 10.3. The number of nitrogens with one attached hydrogen (secondary N) is 2. The molecule has 4 nitrogen and oxygen atoms in total. The molecule has 0 atom stereocenters. The molecule has 1 heterocycles. The standard InChI is InChI=1S/C12H13ClN4/c1-9-12(14)17(6-5-15-9)8-16-11-4-2-3-10(13)7-11/h2-7,14,16H,8H2,1H3. The Morgan fingerprint density at radius 2 is 2.29 bits per heavy atom. The highest BCUT2D eigenvalue weighted by Gasteiger charge is 1.97. The van der Waals surface area contributed by atoms with E-state index in [-0.39, 0.29) is 0 Å². The van der Waals surface area contributed by atoms with E-state index in [0.29, 0.717) is 22.9 Å². The second kappa shape index (κ2) is 5.01. The van der Waals surface area contributed by atoms with Crippen LogP contribution >= 0.6 is 11.6 Å². The number of rotatable bonds is 3. The summed E-state index contributed by atoms with van der Waals surface area (Å²) in [7, 11) is 0. The molecular weight excluding hydrogens is 236 g/mol. The first kappa shape index (κ1) is 11.7. The zero-order valence-electron chi connectivity index (χ0n) is 9.44. The van der Waals surface area contributed by atoms with Crippen LogP contribution in [0, 0.1) is 12.3 Å². The van der Waals surface area contributed by atoms with E-state index < -0.39 is 0 Å². The number of hydrogen-bond acceptors (Lipinski definition) is 3. The second-order valence-corrected chi connectivity index (χ2v) is 4.11. The Labute approximate surface area is 104 Å². The summed E-state index contributed by atoms with van der Waals surface area (Å²) in [6, 6.07) is 7.49. The fourth-order valence-corrected chi connectivity index (χ4v) is 1.67. The molecule has 0 spiro atoms. The third-order valence-electron chi connectivity index (χ3n) is 2.42. The highest BCUT2D eigenvalue weighted by Crippen LogP contribution is 2.14. The number of nitrogens with zero attached hydrogens (tertiary/aromatic N) is 2. The summed E-state index contributed by atoms with van der Waals surface area (Å²) in [4.78, 5) is 4.05. The van der Waals surface area contributed by atoms with Gasteiger partial charge in [-0.2, -0.15) is 0 Å². The largest absolute Gasteiger partial charge is 0.367 e. The van der Waals surface area contributed by atoms with E-state index in [1.54, 1.807) is 17.0 Å². The molecule has 0 aliphatic heterocycles. The van der Waals surface area contributed by atoms with Crippen LogP contribution in [0.25, 0.3) is 0 Å². The molecule has 2 N–H and O–H groups in total. The Morgan fingerprint density at radius 1 is 1.47 bits per heavy atom. The van der Waals surface area contributed by atoms with Gasteiger partial charge >= 0.3 is 0 Å². The smallest absolute Gasteiger partial charge is 0.148 e. The maximum Gasteiger partial charge on any atom is 0.148 e. The topological polar surface area (TPSA) is 53.7 Å². The fourth-order valence-electron chi connectivity index (χ4n) is 1.48. The molecule has 88 valence electrons. The lowest BCUT2D eigenvalue weighted by Gasteiger charge is -2.10. The van der Waals surface area contributed by atoms with Gasteiger partial charge in [0.2, 0.25) is 0 Å². The average molecular weight is 249 g/mol. The molecular formula is C12H13ClN4. The lowest BCUT2D eigenvalue weighted by Crippen LogP contribution is -2.25. The maximum absolute atomic E-state index is 7.84. The molecule has 0 aliphatic rings. The first-order valence-corrected chi connectivity index (χ1v) is 5.61. The lowest BCUT2D eigenvalue weighted by molar-refractivity contribution is 0.692. The van der Waals surface area contributed by atoms with E-state index in [1.165, 1.54) is 0 Å². The average Bonchev–Trinajstić information content (AvgIpc) is 2.31. The number of hydrogen-bond donors (Lipinski definition) is 2. The predicted octanol–water partition coefficient (Wildman–Crippen LogP) is 2.39. The Kier molecular flexibility index (Phi) is 3.44. The first-order valence-electron chi connectivity index (χ1n) is 5.23. The highest BCUT2D eigenvalue weighted by molar-refractivity contribution is 6.30. The summed E-state index contributed by atoms with van der Waals surface area (Å²) in [5.74, 6) is 0. The van der Waals surface area contributed by atoms with Crippen LogP contribution in [0.1, 0.15) is 5.69 Å². The van der Waals surface area contributed by atoms with Crippen LogP contribution in [-0.2, 0) is 6.67 Å². The summed E-state index contributed by atoms with van der Waals surface area (Å²) in [6.07, 6.45) is 3.46. The van der Waals surface area contributed by atoms with Crippen molar-refractivity contribution >= 4 is 17.3 Å². The highest BCUT2D eigenvalue weighted by atomic mass is 35.5. The first-order chi connectivity index (χ1) is 8.16. The molecule has 0 bridgehead atoms. The van der Waals surface area contributed by atoms with E-state index in [9.17, 15) is 0 Å². The van der Waals surface area contributed by atoms with Gasteiger partial charge in [0.05, 0.1) is 12.4 Å². The van der Waals surface area contributed by atoms with Crippen molar-refractivity contribution in [3.05, 3.63) is 52.9 Å². The summed E-state index contributed by atoms with van der Waals surface area (Å²) >= 11 is 5.89. The number of benzene rings is 1. The number of aryl methyl sites for hydroxylation is 1. The minimum absolute atomic E-state index is 0.405. The van der Waals surface area contributed by atoms with Gasteiger partial charge in [0.25, 0.3) is 0 Å². The van der Waals surface area contributed by atoms with Crippen LogP contribution in [0.3, 0.4) is 0 Å². The molecule has 0 amide bonds.